The molecule has 1 saturated carbocycles. The molecule has 7 nitrogen and oxygen atoms in total. The molecule has 23 heavy (non-hydrogen) atoms. The van der Waals surface area contributed by atoms with Gasteiger partial charge in [-0.3, -0.25) is 0 Å². The van der Waals surface area contributed by atoms with E-state index in [-0.39, 0.29) is 24.5 Å². The van der Waals surface area contributed by atoms with Gasteiger partial charge in [0.25, 0.3) is 0 Å². The van der Waals surface area contributed by atoms with Crippen molar-refractivity contribution in [3.05, 3.63) is 35.9 Å². The van der Waals surface area contributed by atoms with Crippen molar-refractivity contribution in [1.29, 1.82) is 10.8 Å². The fourth-order valence-corrected chi connectivity index (χ4v) is 3.22. The first-order valence-corrected chi connectivity index (χ1v) is 7.62. The molecule has 1 aliphatic carbocycles. The third-order valence-corrected chi connectivity index (χ3v) is 4.34. The van der Waals surface area contributed by atoms with E-state index >= 15 is 0 Å². The first-order valence-electron chi connectivity index (χ1n) is 7.62. The first-order chi connectivity index (χ1) is 11.2. The van der Waals surface area contributed by atoms with E-state index in [1.807, 2.05) is 30.3 Å². The van der Waals surface area contributed by atoms with Crippen LogP contribution in [0.2, 0.25) is 0 Å². The van der Waals surface area contributed by atoms with Gasteiger partial charge in [-0.25, -0.2) is 4.79 Å². The molecule has 1 fully saturated rings. The van der Waals surface area contributed by atoms with Crippen LogP contribution in [0, 0.1) is 22.8 Å². The van der Waals surface area contributed by atoms with Crippen molar-refractivity contribution in [2.45, 2.75) is 44.3 Å². The van der Waals surface area contributed by atoms with Gasteiger partial charge in [-0.15, -0.1) is 0 Å². The molecule has 120 valence electrons. The summed E-state index contributed by atoms with van der Waals surface area (Å²) in [6.07, 6.45) is 1.30. The number of carboxylic acid groups (broad SMARTS) is 1. The van der Waals surface area contributed by atoms with Gasteiger partial charge < -0.3 is 10.0 Å². The highest BCUT2D eigenvalue weighted by atomic mass is 16.4. The lowest BCUT2D eigenvalue weighted by Crippen LogP contribution is -2.47. The van der Waals surface area contributed by atoms with E-state index in [9.17, 15) is 9.90 Å². The van der Waals surface area contributed by atoms with Gasteiger partial charge in [0.2, 0.25) is 4.91 Å². The van der Waals surface area contributed by atoms with Gasteiger partial charge in [0.15, 0.2) is 0 Å². The highest BCUT2D eigenvalue weighted by Gasteiger charge is 2.38. The molecule has 0 spiro atoms. The molecule has 1 aromatic rings. The van der Waals surface area contributed by atoms with Crippen LogP contribution in [0.1, 0.15) is 31.2 Å². The number of amides is 1. The van der Waals surface area contributed by atoms with Crippen LogP contribution in [0.4, 0.5) is 4.79 Å². The maximum Gasteiger partial charge on any atom is 0.407 e. The molecule has 0 bridgehead atoms. The number of benzene rings is 1. The zero-order valence-electron chi connectivity index (χ0n) is 12.8. The summed E-state index contributed by atoms with van der Waals surface area (Å²) >= 11 is 0. The van der Waals surface area contributed by atoms with Crippen molar-refractivity contribution in [2.75, 3.05) is 0 Å². The lowest BCUT2D eigenvalue weighted by atomic mass is 9.79. The van der Waals surface area contributed by atoms with E-state index < -0.39 is 6.09 Å². The molecular weight excluding hydrogens is 294 g/mol. The lowest BCUT2D eigenvalue weighted by molar-refractivity contribution is 0.0765. The largest absolute Gasteiger partial charge is 0.465 e. The van der Waals surface area contributed by atoms with Crippen molar-refractivity contribution in [3.63, 3.8) is 0 Å². The van der Waals surface area contributed by atoms with Crippen LogP contribution in [-0.4, -0.2) is 28.2 Å². The third-order valence-electron chi connectivity index (χ3n) is 4.34. The predicted octanol–water partition coefficient (Wildman–Crippen LogP) is 3.17. The Kier molecular flexibility index (Phi) is 5.84. The number of hydrogen-bond donors (Lipinski definition) is 2. The van der Waals surface area contributed by atoms with Crippen molar-refractivity contribution in [2.24, 2.45) is 11.0 Å². The second-order valence-electron chi connectivity index (χ2n) is 5.77. The molecular formula is C16H20N5O2+. The monoisotopic (exact) mass is 314 g/mol. The van der Waals surface area contributed by atoms with E-state index in [0.717, 1.165) is 18.4 Å². The molecule has 0 aliphatic heterocycles. The average Bonchev–Trinajstić information content (AvgIpc) is 2.55. The second-order valence-corrected chi connectivity index (χ2v) is 5.77. The van der Waals surface area contributed by atoms with Crippen LogP contribution in [0.3, 0.4) is 0 Å². The van der Waals surface area contributed by atoms with E-state index in [4.69, 9.17) is 10.8 Å². The Morgan fingerprint density at radius 1 is 1.43 bits per heavy atom. The number of nitriles is 1. The minimum absolute atomic E-state index is 0.00278. The topological polar surface area (TPSA) is 115 Å². The highest BCUT2D eigenvalue weighted by Crippen LogP contribution is 2.33. The molecule has 0 aromatic heterocycles. The van der Waals surface area contributed by atoms with Crippen LogP contribution >= 0.6 is 0 Å². The molecule has 7 heteroatoms. The second kappa shape index (κ2) is 8.06. The van der Waals surface area contributed by atoms with Crippen LogP contribution in [0.25, 0.3) is 0 Å². The molecule has 1 aliphatic rings. The molecule has 0 radical (unpaired) electrons. The summed E-state index contributed by atoms with van der Waals surface area (Å²) in [4.78, 5) is 16.3. The minimum Gasteiger partial charge on any atom is -0.465 e. The van der Waals surface area contributed by atoms with Gasteiger partial charge in [0.1, 0.15) is 16.7 Å². The standard InChI is InChI=1S/C16H19N5O2/c17-9-8-13-6-7-14(19-20-18)10-15(13)21(16(22)23)11-12-4-2-1-3-5-12/h1-5,13-15,18H,6-8,10-11H2/p+1/t13-,14+,15-/m1/s1. The Balaban J connectivity index is 2.23. The Morgan fingerprint density at radius 2 is 2.17 bits per heavy atom. The van der Waals surface area contributed by atoms with Gasteiger partial charge in [-0.05, 0) is 30.7 Å². The van der Waals surface area contributed by atoms with Gasteiger partial charge in [-0.2, -0.15) is 5.26 Å². The van der Waals surface area contributed by atoms with Crippen molar-refractivity contribution in [3.8, 4) is 6.07 Å². The van der Waals surface area contributed by atoms with Gasteiger partial charge in [-0.1, -0.05) is 30.3 Å². The summed E-state index contributed by atoms with van der Waals surface area (Å²) in [6, 6.07) is 11.1. The average molecular weight is 314 g/mol. The quantitative estimate of drug-likeness (QED) is 0.642. The van der Waals surface area contributed by atoms with E-state index in [2.05, 4.69) is 16.1 Å². The SMILES string of the molecule is N#CC[C@H]1CC[C@H](N=[N+]=N)C[C@H]1N(Cc1ccccc1)C(=O)O. The highest BCUT2D eigenvalue weighted by molar-refractivity contribution is 5.65. The number of nitrogens with zero attached hydrogens (tertiary/aromatic N) is 4. The van der Waals surface area contributed by atoms with Crippen LogP contribution < -0.4 is 4.91 Å². The van der Waals surface area contributed by atoms with E-state index in [1.54, 1.807) is 0 Å². The summed E-state index contributed by atoms with van der Waals surface area (Å²) in [7, 11) is 0. The summed E-state index contributed by atoms with van der Waals surface area (Å²) in [5.74, 6) is -0.00278. The van der Waals surface area contributed by atoms with Gasteiger partial charge in [0, 0.05) is 19.0 Å². The molecule has 1 amide bonds. The summed E-state index contributed by atoms with van der Waals surface area (Å²) in [6.45, 7) is 0.285. The molecule has 2 rings (SSSR count). The summed E-state index contributed by atoms with van der Waals surface area (Å²) < 4.78 is 0. The maximum absolute atomic E-state index is 11.8. The Bertz CT molecular complexity index is 621. The molecule has 0 heterocycles. The van der Waals surface area contributed by atoms with Crippen LogP contribution in [-0.2, 0) is 6.54 Å². The number of nitrogens with one attached hydrogen (secondary N) is 1. The molecule has 3 atom stereocenters. The summed E-state index contributed by atoms with van der Waals surface area (Å²) in [5, 5.41) is 22.5. The fraction of sp³-hybridized carbons (Fsp3) is 0.500. The molecule has 2 N–H and O–H groups in total. The minimum atomic E-state index is -0.995. The summed E-state index contributed by atoms with van der Waals surface area (Å²) in [5.41, 5.74) is 7.80. The maximum atomic E-state index is 11.8. The molecule has 0 saturated heterocycles. The van der Waals surface area contributed by atoms with Crippen LogP contribution in [0.15, 0.2) is 35.4 Å². The number of carbonyl (C=O) groups is 1. The Labute approximate surface area is 134 Å². The van der Waals surface area contributed by atoms with Crippen molar-refractivity contribution >= 4 is 6.09 Å². The first kappa shape index (κ1) is 16.7. The third kappa shape index (κ3) is 4.38. The fourth-order valence-electron chi connectivity index (χ4n) is 3.22. The van der Waals surface area contributed by atoms with E-state index in [0.29, 0.717) is 12.8 Å². The number of hydrogen-bond acceptors (Lipinski definition) is 4. The van der Waals surface area contributed by atoms with Crippen molar-refractivity contribution in [1.82, 2.24) is 9.81 Å². The zero-order chi connectivity index (χ0) is 16.7. The zero-order valence-corrected chi connectivity index (χ0v) is 12.8. The predicted molar refractivity (Wildman–Crippen MR) is 82.4 cm³/mol. The number of rotatable bonds is 5. The Hall–Kier alpha value is -2.71. The normalized spacial score (nSPS) is 23.3. The molecule has 0 unspecified atom stereocenters. The smallest absolute Gasteiger partial charge is 0.407 e. The van der Waals surface area contributed by atoms with Gasteiger partial charge in [0.05, 0.1) is 6.07 Å². The van der Waals surface area contributed by atoms with Crippen molar-refractivity contribution < 1.29 is 9.90 Å². The van der Waals surface area contributed by atoms with Crippen LogP contribution in [0.5, 0.6) is 0 Å². The van der Waals surface area contributed by atoms with E-state index in [1.165, 1.54) is 4.90 Å². The molecule has 1 aromatic carbocycles. The van der Waals surface area contributed by atoms with Gasteiger partial charge >= 0.3 is 6.09 Å². The lowest BCUT2D eigenvalue weighted by Gasteiger charge is -2.38. The Morgan fingerprint density at radius 3 is 2.78 bits per heavy atom.